The summed E-state index contributed by atoms with van der Waals surface area (Å²) in [5.74, 6) is -5.80. The van der Waals surface area contributed by atoms with E-state index in [1.165, 1.54) is 45.4 Å². The molecule has 0 radical (unpaired) electrons. The van der Waals surface area contributed by atoms with Gasteiger partial charge in [-0.2, -0.15) is 8.42 Å². The van der Waals surface area contributed by atoms with Crippen molar-refractivity contribution < 1.29 is 70.7 Å². The number of anilines is 1. The number of imide groups is 1. The van der Waals surface area contributed by atoms with Crippen LogP contribution in [0.5, 0.6) is 0 Å². The summed E-state index contributed by atoms with van der Waals surface area (Å²) in [4.78, 5) is 98.5. The normalized spacial score (nSPS) is 28.9. The van der Waals surface area contributed by atoms with Crippen molar-refractivity contribution >= 4 is 90.7 Å². The van der Waals surface area contributed by atoms with Crippen LogP contribution in [0.25, 0.3) is 0 Å². The van der Waals surface area contributed by atoms with Crippen molar-refractivity contribution in [1.82, 2.24) is 15.3 Å². The molecule has 4 heterocycles. The molecule has 3 saturated heterocycles. The van der Waals surface area contributed by atoms with Crippen LogP contribution in [-0.2, 0) is 64.4 Å². The number of benzene rings is 1. The van der Waals surface area contributed by atoms with Gasteiger partial charge >= 0.3 is 18.0 Å². The lowest BCUT2D eigenvalue weighted by Crippen LogP contribution is -2.60. The van der Waals surface area contributed by atoms with Gasteiger partial charge in [-0.05, 0) is 78.0 Å². The van der Waals surface area contributed by atoms with E-state index in [1.807, 2.05) is 52.0 Å². The molecule has 69 heavy (non-hydrogen) atoms. The minimum absolute atomic E-state index is 0.00966. The third kappa shape index (κ3) is 13.6. The Balaban J connectivity index is 1.27. The topological polar surface area (TPSA) is 256 Å². The molecule has 1 unspecified atom stereocenters. The second kappa shape index (κ2) is 22.1. The third-order valence-electron chi connectivity index (χ3n) is 13.2. The molecule has 4 aliphatic heterocycles. The lowest BCUT2D eigenvalue weighted by Gasteiger charge is -2.41. The molecule has 382 valence electrons. The molecule has 3 fully saturated rings. The average Bonchev–Trinajstić information content (AvgIpc) is 3.87. The monoisotopic (exact) mass is 1040 g/mol. The number of halogens is 1. The lowest BCUT2D eigenvalue weighted by atomic mass is 9.82. The van der Waals surface area contributed by atoms with Crippen molar-refractivity contribution in [2.75, 3.05) is 24.7 Å². The number of amides is 5. The van der Waals surface area contributed by atoms with Gasteiger partial charge in [0.1, 0.15) is 29.6 Å². The van der Waals surface area contributed by atoms with Gasteiger partial charge in [0.25, 0.3) is 21.9 Å². The first kappa shape index (κ1) is 55.7. The summed E-state index contributed by atoms with van der Waals surface area (Å²) >= 11 is 6.81. The van der Waals surface area contributed by atoms with Crippen LogP contribution in [0, 0.1) is 18.8 Å². The van der Waals surface area contributed by atoms with E-state index >= 15 is 0 Å². The van der Waals surface area contributed by atoms with Gasteiger partial charge in [0.2, 0.25) is 11.8 Å². The lowest BCUT2D eigenvalue weighted by molar-refractivity contribution is -0.197. The fourth-order valence-electron chi connectivity index (χ4n) is 8.34. The molecule has 0 aromatic heterocycles. The smallest absolute Gasteiger partial charge is 0.409 e. The van der Waals surface area contributed by atoms with Crippen LogP contribution in [0.1, 0.15) is 105 Å². The number of ether oxygens (including phenoxy) is 3. The number of rotatable bonds is 14. The average molecular weight is 1040 g/mol. The second-order valence-electron chi connectivity index (χ2n) is 19.1. The number of esters is 1. The molecule has 0 saturated carbocycles. The first-order chi connectivity index (χ1) is 32.0. The summed E-state index contributed by atoms with van der Waals surface area (Å²) in [7, 11) is 0.528. The van der Waals surface area contributed by atoms with Crippen LogP contribution in [0.2, 0.25) is 5.02 Å². The quantitative estimate of drug-likeness (QED) is 0.0510. The zero-order chi connectivity index (χ0) is 51.6. The van der Waals surface area contributed by atoms with E-state index in [9.17, 15) is 51.6 Å². The maximum absolute atomic E-state index is 14.3. The predicted molar refractivity (Wildman–Crippen MR) is 258 cm³/mol. The number of aliphatic hydroxyl groups is 1. The van der Waals surface area contributed by atoms with Gasteiger partial charge in [-0.15, -0.1) is 5.06 Å². The molecule has 5 rings (SSSR count). The maximum atomic E-state index is 14.3. The Bertz CT molecular complexity index is 2370. The first-order valence-electron chi connectivity index (χ1n) is 22.6. The molecule has 4 aliphatic rings. The summed E-state index contributed by atoms with van der Waals surface area (Å²) in [5.41, 5.74) is 0.124. The molecule has 4 bridgehead atoms. The van der Waals surface area contributed by atoms with Crippen LogP contribution in [0.4, 0.5) is 10.5 Å². The number of epoxide rings is 1. The number of hydrogen-bond acceptors (Lipinski definition) is 16. The Kier molecular flexibility index (Phi) is 17.8. The molecular formula is C46H63ClN4O15S3. The molecule has 19 nitrogen and oxygen atoms in total. The van der Waals surface area contributed by atoms with E-state index < -0.39 is 116 Å². The van der Waals surface area contributed by atoms with Gasteiger partial charge in [0, 0.05) is 62.1 Å². The molecule has 0 spiro atoms. The molecule has 5 amide bonds. The minimum atomic E-state index is -4.96. The molecular weight excluding hydrogens is 980 g/mol. The van der Waals surface area contributed by atoms with Gasteiger partial charge in [-0.1, -0.05) is 76.9 Å². The van der Waals surface area contributed by atoms with E-state index in [1.54, 1.807) is 33.9 Å². The summed E-state index contributed by atoms with van der Waals surface area (Å²) in [6.07, 6.45) is 1.65. The van der Waals surface area contributed by atoms with Gasteiger partial charge in [-0.25, -0.2) is 14.4 Å². The molecule has 0 aliphatic carbocycles. The van der Waals surface area contributed by atoms with Crippen LogP contribution in [0.15, 0.2) is 35.9 Å². The van der Waals surface area contributed by atoms with Crippen LogP contribution < -0.4 is 10.2 Å². The number of aryl methyl sites for hydroxylation is 1. The second-order valence-corrected chi connectivity index (χ2v) is 24.2. The third-order valence-corrected chi connectivity index (χ3v) is 18.2. The maximum Gasteiger partial charge on any atom is 0.409 e. The Morgan fingerprint density at radius 3 is 2.38 bits per heavy atom. The molecule has 1 aromatic carbocycles. The minimum Gasteiger partial charge on any atom is -0.457 e. The highest BCUT2D eigenvalue weighted by molar-refractivity contribution is 8.77. The Hall–Kier alpha value is -4.19. The van der Waals surface area contributed by atoms with E-state index in [2.05, 4.69) is 5.32 Å². The van der Waals surface area contributed by atoms with E-state index in [-0.39, 0.29) is 49.3 Å². The number of likely N-dealkylation sites (N-methyl/N-ethyl adjacent to an activating group) is 1. The van der Waals surface area contributed by atoms with Crippen molar-refractivity contribution in [2.24, 2.45) is 11.8 Å². The van der Waals surface area contributed by atoms with Gasteiger partial charge in [-0.3, -0.25) is 29.0 Å². The van der Waals surface area contributed by atoms with Gasteiger partial charge in [0.15, 0.2) is 5.25 Å². The number of carbonyl (C=O) groups excluding carboxylic acids is 7. The number of alkyl carbamates (subject to hydrolysis) is 1. The fraction of sp³-hybridized carbons (Fsp3) is 0.630. The highest BCUT2D eigenvalue weighted by atomic mass is 35.5. The molecule has 9 atom stereocenters. The zero-order valence-electron chi connectivity index (χ0n) is 40.4. The largest absolute Gasteiger partial charge is 0.457 e. The SMILES string of the molecule is C/C1=C\C=C\[C@@H](C)[C@@]2(O)C[C@H](OC(=O)N2)[C@@H](C)[C@@H]2O[C@@]2(C)[C@@H](OC(=O)[C@H](C)N(C)C(=O)CCC(C)(C)SSCCC(C(=O)ON2C(=O)CCC2=O)S(=O)(=O)O)CC(=O)N(C)c2cc(cc(C)c2Cl)C1. The number of nitrogens with zero attached hydrogens (tertiary/aromatic N) is 3. The molecule has 1 aromatic rings. The van der Waals surface area contributed by atoms with Crippen LogP contribution in [-0.4, -0.2) is 135 Å². The van der Waals surface area contributed by atoms with Crippen molar-refractivity contribution in [3.8, 4) is 0 Å². The van der Waals surface area contributed by atoms with Crippen molar-refractivity contribution in [2.45, 2.75) is 152 Å². The van der Waals surface area contributed by atoms with Crippen molar-refractivity contribution in [3.63, 3.8) is 0 Å². The van der Waals surface area contributed by atoms with Gasteiger partial charge < -0.3 is 34.0 Å². The Labute approximate surface area is 415 Å². The predicted octanol–water partition coefficient (Wildman–Crippen LogP) is 5.63. The number of allylic oxidation sites excluding steroid dienone is 3. The number of hydroxylamine groups is 2. The van der Waals surface area contributed by atoms with E-state index in [0.29, 0.717) is 17.1 Å². The van der Waals surface area contributed by atoms with Crippen LogP contribution >= 0.6 is 33.2 Å². The molecule has 3 N–H and O–H groups in total. The number of nitrogens with one attached hydrogen (secondary N) is 1. The number of carbonyl (C=O) groups is 7. The highest BCUT2D eigenvalue weighted by Gasteiger charge is 2.64. The standard InChI is InChI=1S/C46H63ClN4O15S3/c1-25-12-11-13-27(3)46(59)24-32(63-43(58)48-46)28(4)40-45(8,65-40)34(23-38(55)50(10)31-22-30(20-25)21-26(2)39(31)47)64-41(56)29(5)49(9)35(52)16-18-44(6,7)68-67-19-17-33(69(60,61)62)42(57)66-51-36(53)14-15-37(51)54/h11-13,21-22,27-29,32-34,40,59H,14-20,23-24H2,1-10H3,(H,48,58)(H,60,61,62)/b13-11+,25-12+/t27-,28-,29+,32+,33?,34+,40+,45+,46+/m1/s1. The van der Waals surface area contributed by atoms with Gasteiger partial charge in [0.05, 0.1) is 23.2 Å². The Morgan fingerprint density at radius 2 is 1.74 bits per heavy atom. The van der Waals surface area contributed by atoms with Crippen LogP contribution in [0.3, 0.4) is 0 Å². The summed E-state index contributed by atoms with van der Waals surface area (Å²) in [6, 6.07) is 2.64. The highest BCUT2D eigenvalue weighted by Crippen LogP contribution is 2.49. The summed E-state index contributed by atoms with van der Waals surface area (Å²) < 4.78 is 51.3. The molecule has 23 heteroatoms. The summed E-state index contributed by atoms with van der Waals surface area (Å²) in [6.45, 7) is 14.2. The van der Waals surface area contributed by atoms with Crippen molar-refractivity contribution in [1.29, 1.82) is 0 Å². The number of hydrogen-bond donors (Lipinski definition) is 3. The van der Waals surface area contributed by atoms with Crippen molar-refractivity contribution in [3.05, 3.63) is 52.1 Å². The van der Waals surface area contributed by atoms with E-state index in [4.69, 9.17) is 30.6 Å². The summed E-state index contributed by atoms with van der Waals surface area (Å²) in [5, 5.41) is 12.8. The zero-order valence-corrected chi connectivity index (χ0v) is 43.6. The first-order valence-corrected chi connectivity index (χ1v) is 26.8. The van der Waals surface area contributed by atoms with E-state index in [0.717, 1.165) is 16.7 Å². The Morgan fingerprint density at radius 1 is 1.09 bits per heavy atom. The fourth-order valence-corrected chi connectivity index (χ4v) is 12.1. The number of fused-ring (bicyclic) bond motifs is 5.